The molecule has 1 aromatic carbocycles. The number of piperidine rings is 1. The number of hydrogen-bond donors (Lipinski definition) is 3. The SMILES string of the molecule is NN(C(=O)/C=C/c1cnccc1-c1cnn(C2CCNCC2)c1)c1ccc(CCC2NN=CO2)cc1. The molecular weight excluding hydrogens is 456 g/mol. The first-order valence-corrected chi connectivity index (χ1v) is 12.1. The van der Waals surface area contributed by atoms with Gasteiger partial charge in [-0.2, -0.15) is 5.10 Å². The standard InChI is InChI=1S/C26H30N8O2/c27-34(23-5-1-19(2-6-23)3-7-25-32-30-18-36-25)26(35)8-4-20-15-29-14-11-24(20)21-16-31-33(17-21)22-9-12-28-13-10-22/h1-2,4-6,8,11,14-18,22,25,28,32H,3,7,9-10,12-13,27H2/b8-4+. The fourth-order valence-corrected chi connectivity index (χ4v) is 4.42. The Morgan fingerprint density at radius 1 is 1.19 bits per heavy atom. The fraction of sp³-hybridized carbons (Fsp3) is 0.308. The molecule has 36 heavy (non-hydrogen) atoms. The maximum atomic E-state index is 12.8. The monoisotopic (exact) mass is 486 g/mol. The van der Waals surface area contributed by atoms with Crippen molar-refractivity contribution in [3.05, 3.63) is 72.3 Å². The topological polar surface area (TPSA) is 123 Å². The largest absolute Gasteiger partial charge is 0.457 e. The summed E-state index contributed by atoms with van der Waals surface area (Å²) in [6.07, 6.45) is 15.7. The minimum absolute atomic E-state index is 0.0985. The van der Waals surface area contributed by atoms with E-state index in [4.69, 9.17) is 10.6 Å². The van der Waals surface area contributed by atoms with Gasteiger partial charge in [0.15, 0.2) is 12.6 Å². The first kappa shape index (κ1) is 23.7. The Hall–Kier alpha value is -4.02. The number of hydrazone groups is 1. The van der Waals surface area contributed by atoms with Crippen LogP contribution in [0.3, 0.4) is 0 Å². The fourth-order valence-electron chi connectivity index (χ4n) is 4.42. The van der Waals surface area contributed by atoms with Gasteiger partial charge in [-0.25, -0.2) is 10.9 Å². The number of nitrogens with two attached hydrogens (primary N) is 1. The van der Waals surface area contributed by atoms with E-state index < -0.39 is 0 Å². The van der Waals surface area contributed by atoms with Gasteiger partial charge < -0.3 is 10.1 Å². The molecule has 4 N–H and O–H groups in total. The van der Waals surface area contributed by atoms with Gasteiger partial charge >= 0.3 is 0 Å². The minimum Gasteiger partial charge on any atom is -0.457 e. The van der Waals surface area contributed by atoms with Crippen molar-refractivity contribution >= 4 is 24.1 Å². The molecule has 1 unspecified atom stereocenters. The van der Waals surface area contributed by atoms with E-state index in [0.29, 0.717) is 11.7 Å². The van der Waals surface area contributed by atoms with Crippen molar-refractivity contribution in [1.29, 1.82) is 0 Å². The second kappa shape index (κ2) is 11.1. The number of aromatic nitrogens is 3. The third kappa shape index (κ3) is 5.61. The number of nitrogens with one attached hydrogen (secondary N) is 2. The highest BCUT2D eigenvalue weighted by Crippen LogP contribution is 2.26. The zero-order chi connectivity index (χ0) is 24.7. The molecule has 10 nitrogen and oxygen atoms in total. The van der Waals surface area contributed by atoms with E-state index in [1.54, 1.807) is 18.5 Å². The van der Waals surface area contributed by atoms with E-state index >= 15 is 0 Å². The highest BCUT2D eigenvalue weighted by atomic mass is 16.5. The third-order valence-corrected chi connectivity index (χ3v) is 6.50. The smallest absolute Gasteiger partial charge is 0.265 e. The summed E-state index contributed by atoms with van der Waals surface area (Å²) in [4.78, 5) is 17.0. The molecule has 1 atom stereocenters. The number of hydrogen-bond acceptors (Lipinski definition) is 8. The summed E-state index contributed by atoms with van der Waals surface area (Å²) < 4.78 is 7.35. The first-order chi connectivity index (χ1) is 17.7. The van der Waals surface area contributed by atoms with Crippen LogP contribution < -0.4 is 21.6 Å². The summed E-state index contributed by atoms with van der Waals surface area (Å²) in [6.45, 7) is 2.01. The van der Waals surface area contributed by atoms with Gasteiger partial charge in [0, 0.05) is 42.2 Å². The molecule has 10 heteroatoms. The molecule has 0 aliphatic carbocycles. The van der Waals surface area contributed by atoms with Gasteiger partial charge in [-0.05, 0) is 67.8 Å². The van der Waals surface area contributed by atoms with Crippen LogP contribution in [-0.4, -0.2) is 46.4 Å². The molecule has 4 heterocycles. The number of hydrazine groups is 1. The van der Waals surface area contributed by atoms with Gasteiger partial charge in [-0.1, -0.05) is 12.1 Å². The summed E-state index contributed by atoms with van der Waals surface area (Å²) in [5, 5.41) is 13.0. The highest BCUT2D eigenvalue weighted by Gasteiger charge is 2.17. The molecule has 2 aliphatic rings. The predicted molar refractivity (Wildman–Crippen MR) is 139 cm³/mol. The molecule has 0 spiro atoms. The Morgan fingerprint density at radius 2 is 2.03 bits per heavy atom. The van der Waals surface area contributed by atoms with Gasteiger partial charge in [0.2, 0.25) is 0 Å². The molecule has 186 valence electrons. The van der Waals surface area contributed by atoms with Crippen molar-refractivity contribution in [3.8, 4) is 11.1 Å². The number of amides is 1. The average Bonchev–Trinajstić information content (AvgIpc) is 3.64. The molecule has 1 fully saturated rings. The Bertz CT molecular complexity index is 1220. The maximum Gasteiger partial charge on any atom is 0.265 e. The third-order valence-electron chi connectivity index (χ3n) is 6.50. The summed E-state index contributed by atoms with van der Waals surface area (Å²) in [7, 11) is 0. The van der Waals surface area contributed by atoms with Gasteiger partial charge in [0.25, 0.3) is 5.91 Å². The zero-order valence-electron chi connectivity index (χ0n) is 20.0. The highest BCUT2D eigenvalue weighted by molar-refractivity contribution is 6.03. The van der Waals surface area contributed by atoms with Crippen LogP contribution in [0, 0.1) is 0 Å². The Kier molecular flexibility index (Phi) is 7.34. The summed E-state index contributed by atoms with van der Waals surface area (Å²) >= 11 is 0. The molecule has 3 aromatic rings. The van der Waals surface area contributed by atoms with Crippen LogP contribution in [0.4, 0.5) is 5.69 Å². The maximum absolute atomic E-state index is 12.8. The van der Waals surface area contributed by atoms with Crippen molar-refractivity contribution in [2.75, 3.05) is 18.1 Å². The second-order valence-corrected chi connectivity index (χ2v) is 8.89. The molecule has 2 aliphatic heterocycles. The van der Waals surface area contributed by atoms with Crippen molar-refractivity contribution in [2.24, 2.45) is 10.9 Å². The van der Waals surface area contributed by atoms with Crippen molar-refractivity contribution < 1.29 is 9.53 Å². The second-order valence-electron chi connectivity index (χ2n) is 8.89. The van der Waals surface area contributed by atoms with Gasteiger partial charge in [0.05, 0.1) is 17.9 Å². The number of rotatable bonds is 8. The number of nitrogens with zero attached hydrogens (tertiary/aromatic N) is 5. The molecule has 5 rings (SSSR count). The van der Waals surface area contributed by atoms with Gasteiger partial charge in [-0.15, -0.1) is 5.10 Å². The van der Waals surface area contributed by atoms with E-state index in [1.807, 2.05) is 41.2 Å². The molecule has 1 amide bonds. The minimum atomic E-state index is -0.330. The number of benzene rings is 1. The molecular formula is C26H30N8O2. The number of ether oxygens (including phenoxy) is 1. The van der Waals surface area contributed by atoms with Crippen LogP contribution in [0.15, 0.2) is 66.3 Å². The van der Waals surface area contributed by atoms with Crippen LogP contribution in [0.25, 0.3) is 17.2 Å². The molecule has 0 bridgehead atoms. The van der Waals surface area contributed by atoms with Crippen LogP contribution in [0.2, 0.25) is 0 Å². The lowest BCUT2D eigenvalue weighted by molar-refractivity contribution is -0.114. The van der Waals surface area contributed by atoms with E-state index in [2.05, 4.69) is 32.1 Å². The molecule has 1 saturated heterocycles. The molecule has 2 aromatic heterocycles. The van der Waals surface area contributed by atoms with Crippen molar-refractivity contribution in [2.45, 2.75) is 38.0 Å². The zero-order valence-corrected chi connectivity index (χ0v) is 20.0. The number of carbonyl (C=O) groups excluding carboxylic acids is 1. The Morgan fingerprint density at radius 3 is 2.81 bits per heavy atom. The normalized spacial score (nSPS) is 17.8. The van der Waals surface area contributed by atoms with Crippen LogP contribution in [-0.2, 0) is 16.0 Å². The van der Waals surface area contributed by atoms with E-state index in [-0.39, 0.29) is 12.1 Å². The van der Waals surface area contributed by atoms with Gasteiger partial charge in [-0.3, -0.25) is 19.9 Å². The van der Waals surface area contributed by atoms with Crippen molar-refractivity contribution in [3.63, 3.8) is 0 Å². The Balaban J connectivity index is 1.23. The number of aryl methyl sites for hydroxylation is 1. The molecule has 0 radical (unpaired) electrons. The number of carbonyl (C=O) groups is 1. The summed E-state index contributed by atoms with van der Waals surface area (Å²) in [5.41, 5.74) is 7.40. The van der Waals surface area contributed by atoms with E-state index in [9.17, 15) is 4.79 Å². The van der Waals surface area contributed by atoms with Crippen LogP contribution in [0.1, 0.15) is 36.4 Å². The first-order valence-electron chi connectivity index (χ1n) is 12.1. The summed E-state index contributed by atoms with van der Waals surface area (Å²) in [5.74, 6) is 5.78. The number of anilines is 1. The van der Waals surface area contributed by atoms with Crippen molar-refractivity contribution in [1.82, 2.24) is 25.5 Å². The molecule has 0 saturated carbocycles. The van der Waals surface area contributed by atoms with Gasteiger partial charge in [0.1, 0.15) is 0 Å². The lowest BCUT2D eigenvalue weighted by atomic mass is 10.0. The number of pyridine rings is 1. The Labute approximate surface area is 209 Å². The van der Waals surface area contributed by atoms with Crippen LogP contribution in [0.5, 0.6) is 0 Å². The lowest BCUT2D eigenvalue weighted by Gasteiger charge is -2.22. The van der Waals surface area contributed by atoms with E-state index in [1.165, 1.54) is 12.5 Å². The predicted octanol–water partition coefficient (Wildman–Crippen LogP) is 2.61. The lowest BCUT2D eigenvalue weighted by Crippen LogP contribution is -2.36. The summed E-state index contributed by atoms with van der Waals surface area (Å²) in [6, 6.07) is 9.94. The van der Waals surface area contributed by atoms with Crippen LogP contribution >= 0.6 is 0 Å². The van der Waals surface area contributed by atoms with E-state index in [0.717, 1.165) is 66.0 Å². The average molecular weight is 487 g/mol. The quantitative estimate of drug-likeness (QED) is 0.194.